The van der Waals surface area contributed by atoms with Crippen LogP contribution in [0, 0.1) is 0 Å². The van der Waals surface area contributed by atoms with Gasteiger partial charge in [-0.15, -0.1) is 0 Å². The molecule has 0 bridgehead atoms. The number of carbonyl (C=O) groups excluding carboxylic acids is 1. The lowest BCUT2D eigenvalue weighted by Crippen LogP contribution is -2.23. The smallest absolute Gasteiger partial charge is 0.274 e. The lowest BCUT2D eigenvalue weighted by atomic mass is 9.95. The zero-order chi connectivity index (χ0) is 29.5. The number of ether oxygens (including phenoxy) is 2. The fourth-order valence-electron chi connectivity index (χ4n) is 4.70. The van der Waals surface area contributed by atoms with Crippen LogP contribution < -0.4 is 14.8 Å². The molecule has 0 radical (unpaired) electrons. The molecule has 0 atom stereocenters. The molecule has 0 fully saturated rings. The molecule has 0 spiro atoms. The number of hydrogen-bond acceptors (Lipinski definition) is 6. The fraction of sp³-hybridized carbons (Fsp3) is 0.265. The Balaban J connectivity index is 1.65. The van der Waals surface area contributed by atoms with Crippen molar-refractivity contribution in [3.8, 4) is 34.1 Å². The average molecular weight is 565 g/mol. The molecule has 2 heterocycles. The largest absolute Gasteiger partial charge is 0.488 e. The molecular weight excluding hydrogens is 528 g/mol. The number of benzene rings is 3. The van der Waals surface area contributed by atoms with Crippen LogP contribution >= 0.6 is 0 Å². The maximum atomic E-state index is 13.1. The number of rotatable bonds is 12. The topological polar surface area (TPSA) is 91.4 Å². The molecule has 1 amide bonds. The molecule has 0 aliphatic heterocycles. The van der Waals surface area contributed by atoms with E-state index in [1.807, 2.05) is 98.9 Å². The van der Waals surface area contributed by atoms with Gasteiger partial charge in [-0.2, -0.15) is 5.10 Å². The van der Waals surface area contributed by atoms with Crippen molar-refractivity contribution in [2.45, 2.75) is 53.4 Å². The van der Waals surface area contributed by atoms with E-state index in [1.165, 1.54) is 0 Å². The second-order valence-electron chi connectivity index (χ2n) is 10.2. The van der Waals surface area contributed by atoms with Gasteiger partial charge in [0.1, 0.15) is 24.7 Å². The summed E-state index contributed by atoms with van der Waals surface area (Å²) in [6.45, 7) is 10.0. The molecule has 1 N–H and O–H groups in total. The van der Waals surface area contributed by atoms with E-state index >= 15 is 0 Å². The Hall–Kier alpha value is -4.85. The molecule has 0 aliphatic carbocycles. The number of nitrogens with one attached hydrogen (secondary N) is 1. The van der Waals surface area contributed by atoms with Crippen LogP contribution in [0.25, 0.3) is 22.6 Å². The van der Waals surface area contributed by atoms with E-state index in [0.717, 1.165) is 22.4 Å². The third kappa shape index (κ3) is 6.38. The summed E-state index contributed by atoms with van der Waals surface area (Å²) < 4.78 is 20.6. The number of carbonyl (C=O) groups is 1. The molecule has 42 heavy (non-hydrogen) atoms. The number of nitrogens with zero attached hydrogens (tertiary/aromatic N) is 3. The molecule has 8 nitrogen and oxygen atoms in total. The first-order chi connectivity index (χ1) is 20.5. The van der Waals surface area contributed by atoms with E-state index in [1.54, 1.807) is 4.68 Å². The van der Waals surface area contributed by atoms with E-state index in [0.29, 0.717) is 54.6 Å². The van der Waals surface area contributed by atoms with E-state index < -0.39 is 0 Å². The Morgan fingerprint density at radius 2 is 1.55 bits per heavy atom. The number of aromatic nitrogens is 3. The number of aryl methyl sites for hydroxylation is 1. The summed E-state index contributed by atoms with van der Waals surface area (Å²) in [7, 11) is 0. The fourth-order valence-corrected chi connectivity index (χ4v) is 4.70. The lowest BCUT2D eigenvalue weighted by Gasteiger charge is -2.19. The Labute approximate surface area is 246 Å². The highest BCUT2D eigenvalue weighted by Gasteiger charge is 2.29. The van der Waals surface area contributed by atoms with Gasteiger partial charge in [0.2, 0.25) is 0 Å². The van der Waals surface area contributed by atoms with Gasteiger partial charge in [0.25, 0.3) is 5.91 Å². The summed E-state index contributed by atoms with van der Waals surface area (Å²) in [6.07, 6.45) is 1.88. The molecule has 3 aromatic carbocycles. The molecular formula is C34H36N4O4. The standard InChI is InChI=1S/C34H36N4O4/c1-5-35-34(39)32-31(28-17-18-38(6-2)36-28)33(42-37-32)27-19-26(23(3)4)29(40-21-24-13-9-7-10-14-24)20-30(27)41-22-25-15-11-8-12-16-25/h7-20,23H,5-6,21-22H2,1-4H3,(H,35,39). The van der Waals surface area contributed by atoms with Crippen LogP contribution in [-0.4, -0.2) is 27.4 Å². The highest BCUT2D eigenvalue weighted by atomic mass is 16.5. The highest BCUT2D eigenvalue weighted by molar-refractivity contribution is 6.02. The molecule has 0 saturated carbocycles. The van der Waals surface area contributed by atoms with Crippen molar-refractivity contribution in [1.82, 2.24) is 20.3 Å². The first kappa shape index (κ1) is 28.7. The third-order valence-electron chi connectivity index (χ3n) is 6.92. The molecule has 216 valence electrons. The van der Waals surface area contributed by atoms with Crippen LogP contribution in [-0.2, 0) is 19.8 Å². The van der Waals surface area contributed by atoms with Crippen LogP contribution in [0.15, 0.2) is 89.6 Å². The van der Waals surface area contributed by atoms with Crippen molar-refractivity contribution in [2.75, 3.05) is 6.54 Å². The minimum Gasteiger partial charge on any atom is -0.488 e. The highest BCUT2D eigenvalue weighted by Crippen LogP contribution is 2.44. The van der Waals surface area contributed by atoms with E-state index in [9.17, 15) is 4.79 Å². The summed E-state index contributed by atoms with van der Waals surface area (Å²) >= 11 is 0. The summed E-state index contributed by atoms with van der Waals surface area (Å²) in [5.41, 5.74) is 5.03. The quantitative estimate of drug-likeness (QED) is 0.172. The molecule has 8 heteroatoms. The maximum Gasteiger partial charge on any atom is 0.274 e. The van der Waals surface area contributed by atoms with Crippen molar-refractivity contribution < 1.29 is 18.8 Å². The van der Waals surface area contributed by atoms with E-state index in [2.05, 4.69) is 24.3 Å². The minimum absolute atomic E-state index is 0.131. The Morgan fingerprint density at radius 3 is 2.12 bits per heavy atom. The SMILES string of the molecule is CCNC(=O)c1noc(-c2cc(C(C)C)c(OCc3ccccc3)cc2OCc2ccccc2)c1-c1ccn(CC)n1. The molecule has 0 saturated heterocycles. The van der Waals surface area contributed by atoms with Gasteiger partial charge in [-0.05, 0) is 48.6 Å². The van der Waals surface area contributed by atoms with Gasteiger partial charge in [0.05, 0.1) is 16.8 Å². The van der Waals surface area contributed by atoms with E-state index in [4.69, 9.17) is 19.1 Å². The van der Waals surface area contributed by atoms with Crippen LogP contribution in [0.1, 0.15) is 60.8 Å². The van der Waals surface area contributed by atoms with Gasteiger partial charge >= 0.3 is 0 Å². The van der Waals surface area contributed by atoms with Gasteiger partial charge in [-0.1, -0.05) is 79.7 Å². The normalized spacial score (nSPS) is 11.1. The van der Waals surface area contributed by atoms with Crippen molar-refractivity contribution in [3.05, 3.63) is 107 Å². The summed E-state index contributed by atoms with van der Waals surface area (Å²) in [6, 6.07) is 25.8. The molecule has 5 aromatic rings. The van der Waals surface area contributed by atoms with Crippen molar-refractivity contribution >= 4 is 5.91 Å². The molecule has 0 unspecified atom stereocenters. The Kier molecular flexibility index (Phi) is 9.02. The first-order valence-corrected chi connectivity index (χ1v) is 14.3. The number of amides is 1. The van der Waals surface area contributed by atoms with Crippen LogP contribution in [0.2, 0.25) is 0 Å². The third-order valence-corrected chi connectivity index (χ3v) is 6.92. The maximum absolute atomic E-state index is 13.1. The van der Waals surface area contributed by atoms with Crippen molar-refractivity contribution in [1.29, 1.82) is 0 Å². The minimum atomic E-state index is -0.327. The van der Waals surface area contributed by atoms with E-state index in [-0.39, 0.29) is 17.5 Å². The van der Waals surface area contributed by atoms with Gasteiger partial charge in [0.15, 0.2) is 11.5 Å². The predicted molar refractivity (Wildman–Crippen MR) is 162 cm³/mol. The van der Waals surface area contributed by atoms with Gasteiger partial charge in [-0.25, -0.2) is 0 Å². The molecule has 5 rings (SSSR count). The second kappa shape index (κ2) is 13.2. The molecule has 0 aliphatic rings. The monoisotopic (exact) mass is 564 g/mol. The molecule has 2 aromatic heterocycles. The summed E-state index contributed by atoms with van der Waals surface area (Å²) in [5, 5.41) is 11.8. The Morgan fingerprint density at radius 1 is 0.905 bits per heavy atom. The first-order valence-electron chi connectivity index (χ1n) is 14.3. The van der Waals surface area contributed by atoms with Gasteiger partial charge < -0.3 is 19.3 Å². The number of hydrogen-bond donors (Lipinski definition) is 1. The zero-order valence-corrected chi connectivity index (χ0v) is 24.5. The predicted octanol–water partition coefficient (Wildman–Crippen LogP) is 7.26. The van der Waals surface area contributed by atoms with Crippen LogP contribution in [0.3, 0.4) is 0 Å². The second-order valence-corrected chi connectivity index (χ2v) is 10.2. The van der Waals surface area contributed by atoms with Crippen molar-refractivity contribution in [3.63, 3.8) is 0 Å². The summed E-state index contributed by atoms with van der Waals surface area (Å²) in [5.74, 6) is 1.50. The van der Waals surface area contributed by atoms with Crippen LogP contribution in [0.5, 0.6) is 11.5 Å². The van der Waals surface area contributed by atoms with Crippen LogP contribution in [0.4, 0.5) is 0 Å². The zero-order valence-electron chi connectivity index (χ0n) is 24.5. The van der Waals surface area contributed by atoms with Crippen molar-refractivity contribution in [2.24, 2.45) is 0 Å². The lowest BCUT2D eigenvalue weighted by molar-refractivity contribution is 0.0947. The van der Waals surface area contributed by atoms with Gasteiger partial charge in [0, 0.05) is 25.4 Å². The average Bonchev–Trinajstić information content (AvgIpc) is 3.67. The Bertz CT molecular complexity index is 1620. The van der Waals surface area contributed by atoms with Gasteiger partial charge in [-0.3, -0.25) is 9.48 Å². The summed E-state index contributed by atoms with van der Waals surface area (Å²) in [4.78, 5) is 13.1.